The van der Waals surface area contributed by atoms with Crippen LogP contribution < -0.4 is 5.32 Å². The molecule has 2 unspecified atom stereocenters. The summed E-state index contributed by atoms with van der Waals surface area (Å²) in [5.74, 6) is 0.860. The first-order chi connectivity index (χ1) is 8.90. The van der Waals surface area contributed by atoms with Gasteiger partial charge in [0.25, 0.3) is 0 Å². The van der Waals surface area contributed by atoms with Crippen molar-refractivity contribution in [3.63, 3.8) is 0 Å². The minimum absolute atomic E-state index is 0.721. The molecule has 0 radical (unpaired) electrons. The summed E-state index contributed by atoms with van der Waals surface area (Å²) >= 11 is 0. The Morgan fingerprint density at radius 2 is 1.89 bits per heavy atom. The second-order valence-electron chi connectivity index (χ2n) is 5.94. The van der Waals surface area contributed by atoms with Gasteiger partial charge in [-0.25, -0.2) is 0 Å². The molecule has 0 spiro atoms. The van der Waals surface area contributed by atoms with Crippen LogP contribution in [0.5, 0.6) is 0 Å². The Morgan fingerprint density at radius 1 is 1.06 bits per heavy atom. The van der Waals surface area contributed by atoms with Gasteiger partial charge in [-0.3, -0.25) is 4.90 Å². The minimum atomic E-state index is 0.721. The lowest BCUT2D eigenvalue weighted by Crippen LogP contribution is -2.37. The van der Waals surface area contributed by atoms with Crippen molar-refractivity contribution in [3.8, 4) is 0 Å². The quantitative estimate of drug-likeness (QED) is 0.860. The summed E-state index contributed by atoms with van der Waals surface area (Å²) in [4.78, 5) is 2.66. The summed E-state index contributed by atoms with van der Waals surface area (Å²) in [6.45, 7) is 4.86. The van der Waals surface area contributed by atoms with Crippen LogP contribution in [0.25, 0.3) is 0 Å². The normalized spacial score (nSPS) is 29.6. The highest BCUT2D eigenvalue weighted by atomic mass is 15.2. The SMILES string of the molecule is c1ccc(CN2CC3CCCCC(C2)NC3)cc1. The van der Waals surface area contributed by atoms with E-state index >= 15 is 0 Å². The van der Waals surface area contributed by atoms with Gasteiger partial charge in [-0.1, -0.05) is 43.2 Å². The average Bonchev–Trinajstić information content (AvgIpc) is 2.50. The molecule has 0 amide bonds. The maximum Gasteiger partial charge on any atom is 0.0234 e. The molecule has 18 heavy (non-hydrogen) atoms. The van der Waals surface area contributed by atoms with Crippen LogP contribution in [-0.2, 0) is 6.54 Å². The smallest absolute Gasteiger partial charge is 0.0234 e. The van der Waals surface area contributed by atoms with Gasteiger partial charge in [0, 0.05) is 25.7 Å². The fourth-order valence-corrected chi connectivity index (χ4v) is 3.39. The maximum atomic E-state index is 3.76. The molecule has 2 saturated heterocycles. The van der Waals surface area contributed by atoms with Gasteiger partial charge in [0.2, 0.25) is 0 Å². The largest absolute Gasteiger partial charge is 0.312 e. The lowest BCUT2D eigenvalue weighted by Gasteiger charge is -2.24. The highest BCUT2D eigenvalue weighted by molar-refractivity contribution is 5.14. The van der Waals surface area contributed by atoms with E-state index < -0.39 is 0 Å². The van der Waals surface area contributed by atoms with Crippen LogP contribution in [0.15, 0.2) is 30.3 Å². The number of nitrogens with zero attached hydrogens (tertiary/aromatic N) is 1. The first kappa shape index (κ1) is 12.2. The van der Waals surface area contributed by atoms with E-state index in [-0.39, 0.29) is 0 Å². The molecule has 0 saturated carbocycles. The molecule has 2 fully saturated rings. The molecule has 2 aliphatic rings. The van der Waals surface area contributed by atoms with Gasteiger partial charge >= 0.3 is 0 Å². The Labute approximate surface area is 110 Å². The first-order valence-corrected chi connectivity index (χ1v) is 7.40. The van der Waals surface area contributed by atoms with Crippen LogP contribution >= 0.6 is 0 Å². The van der Waals surface area contributed by atoms with Crippen LogP contribution in [0.3, 0.4) is 0 Å². The Bertz CT molecular complexity index is 347. The van der Waals surface area contributed by atoms with Crippen molar-refractivity contribution in [1.29, 1.82) is 0 Å². The molecular weight excluding hydrogens is 220 g/mol. The molecule has 2 heterocycles. The number of hydrogen-bond donors (Lipinski definition) is 1. The molecule has 2 heteroatoms. The molecule has 0 aromatic heterocycles. The Morgan fingerprint density at radius 3 is 2.78 bits per heavy atom. The van der Waals surface area contributed by atoms with E-state index in [1.165, 1.54) is 50.9 Å². The Hall–Kier alpha value is -0.860. The molecular formula is C16H24N2. The zero-order chi connectivity index (χ0) is 12.2. The Kier molecular flexibility index (Phi) is 3.96. The molecule has 98 valence electrons. The van der Waals surface area contributed by atoms with E-state index in [9.17, 15) is 0 Å². The van der Waals surface area contributed by atoms with E-state index in [0.29, 0.717) is 0 Å². The monoisotopic (exact) mass is 244 g/mol. The fraction of sp³-hybridized carbons (Fsp3) is 0.625. The molecule has 2 nitrogen and oxygen atoms in total. The summed E-state index contributed by atoms with van der Waals surface area (Å²) in [5, 5.41) is 3.76. The summed E-state index contributed by atoms with van der Waals surface area (Å²) < 4.78 is 0. The van der Waals surface area contributed by atoms with Crippen molar-refractivity contribution in [2.45, 2.75) is 38.3 Å². The highest BCUT2D eigenvalue weighted by Crippen LogP contribution is 2.21. The van der Waals surface area contributed by atoms with Crippen molar-refractivity contribution in [2.75, 3.05) is 19.6 Å². The molecule has 2 bridgehead atoms. The van der Waals surface area contributed by atoms with Crippen LogP contribution in [0, 0.1) is 5.92 Å². The molecule has 2 aliphatic heterocycles. The fourth-order valence-electron chi connectivity index (χ4n) is 3.39. The summed E-state index contributed by atoms with van der Waals surface area (Å²) in [7, 11) is 0. The number of hydrogen-bond acceptors (Lipinski definition) is 2. The first-order valence-electron chi connectivity index (χ1n) is 7.40. The van der Waals surface area contributed by atoms with Gasteiger partial charge in [-0.2, -0.15) is 0 Å². The summed E-state index contributed by atoms with van der Waals surface area (Å²) in [5.41, 5.74) is 1.45. The van der Waals surface area contributed by atoms with Crippen LogP contribution in [0.2, 0.25) is 0 Å². The Balaban J connectivity index is 1.68. The lowest BCUT2D eigenvalue weighted by molar-refractivity contribution is 0.236. The average molecular weight is 244 g/mol. The third-order valence-corrected chi connectivity index (χ3v) is 4.35. The number of nitrogens with one attached hydrogen (secondary N) is 1. The van der Waals surface area contributed by atoms with Gasteiger partial charge in [0.15, 0.2) is 0 Å². The highest BCUT2D eigenvalue weighted by Gasteiger charge is 2.25. The van der Waals surface area contributed by atoms with Crippen LogP contribution in [0.4, 0.5) is 0 Å². The van der Waals surface area contributed by atoms with Crippen molar-refractivity contribution in [2.24, 2.45) is 5.92 Å². The third kappa shape index (κ3) is 3.12. The van der Waals surface area contributed by atoms with Crippen molar-refractivity contribution < 1.29 is 0 Å². The van der Waals surface area contributed by atoms with E-state index in [0.717, 1.165) is 18.5 Å². The van der Waals surface area contributed by atoms with Crippen LogP contribution in [-0.4, -0.2) is 30.6 Å². The standard InChI is InChI=1S/C16H24N2/c1-2-6-14(7-3-1)11-18-12-15-8-4-5-9-16(13-18)17-10-15/h1-3,6-7,15-17H,4-5,8-13H2. The molecule has 0 aliphatic carbocycles. The number of fused-ring (bicyclic) bond motifs is 3. The molecule has 3 rings (SSSR count). The second kappa shape index (κ2) is 5.85. The van der Waals surface area contributed by atoms with Gasteiger partial charge in [0.1, 0.15) is 0 Å². The molecule has 2 atom stereocenters. The second-order valence-corrected chi connectivity index (χ2v) is 5.94. The molecule has 1 N–H and O–H groups in total. The third-order valence-electron chi connectivity index (χ3n) is 4.35. The van der Waals surface area contributed by atoms with E-state index in [2.05, 4.69) is 40.5 Å². The lowest BCUT2D eigenvalue weighted by atomic mass is 9.98. The van der Waals surface area contributed by atoms with Crippen molar-refractivity contribution >= 4 is 0 Å². The predicted molar refractivity (Wildman–Crippen MR) is 75.5 cm³/mol. The van der Waals surface area contributed by atoms with Gasteiger partial charge in [-0.05, 0) is 30.9 Å². The zero-order valence-electron chi connectivity index (χ0n) is 11.1. The van der Waals surface area contributed by atoms with Crippen molar-refractivity contribution in [1.82, 2.24) is 10.2 Å². The number of rotatable bonds is 2. The summed E-state index contributed by atoms with van der Waals surface area (Å²) in [6.07, 6.45) is 5.61. The minimum Gasteiger partial charge on any atom is -0.312 e. The summed E-state index contributed by atoms with van der Waals surface area (Å²) in [6, 6.07) is 11.6. The predicted octanol–water partition coefficient (Wildman–Crippen LogP) is 2.65. The molecule has 1 aromatic rings. The van der Waals surface area contributed by atoms with Gasteiger partial charge < -0.3 is 5.32 Å². The van der Waals surface area contributed by atoms with Gasteiger partial charge in [-0.15, -0.1) is 0 Å². The van der Waals surface area contributed by atoms with Crippen LogP contribution in [0.1, 0.15) is 31.2 Å². The zero-order valence-corrected chi connectivity index (χ0v) is 11.1. The maximum absolute atomic E-state index is 3.76. The van der Waals surface area contributed by atoms with Gasteiger partial charge in [0.05, 0.1) is 0 Å². The number of benzene rings is 1. The topological polar surface area (TPSA) is 15.3 Å². The van der Waals surface area contributed by atoms with Crippen molar-refractivity contribution in [3.05, 3.63) is 35.9 Å². The van der Waals surface area contributed by atoms with E-state index in [1.54, 1.807) is 0 Å². The molecule has 1 aromatic carbocycles. The van der Waals surface area contributed by atoms with E-state index in [4.69, 9.17) is 0 Å². The van der Waals surface area contributed by atoms with E-state index in [1.807, 2.05) is 0 Å².